The van der Waals surface area contributed by atoms with Gasteiger partial charge in [0.1, 0.15) is 6.10 Å². The highest BCUT2D eigenvalue weighted by molar-refractivity contribution is 7.89. The van der Waals surface area contributed by atoms with Crippen LogP contribution >= 0.6 is 0 Å². The van der Waals surface area contributed by atoms with Crippen molar-refractivity contribution < 1.29 is 17.9 Å². The summed E-state index contributed by atoms with van der Waals surface area (Å²) in [6, 6.07) is -0.139. The Hall–Kier alpha value is -0.960. The average Bonchev–Trinajstić information content (AvgIpc) is 3.10. The molecular weight excluding hydrogens is 318 g/mol. The number of imidazole rings is 1. The van der Waals surface area contributed by atoms with E-state index in [2.05, 4.69) is 4.98 Å². The van der Waals surface area contributed by atoms with Crippen LogP contribution in [0.5, 0.6) is 0 Å². The Kier molecular flexibility index (Phi) is 3.95. The van der Waals surface area contributed by atoms with E-state index in [1.165, 1.54) is 19.2 Å². The van der Waals surface area contributed by atoms with Gasteiger partial charge in [0.15, 0.2) is 5.03 Å². The number of fused-ring (bicyclic) bond motifs is 1. The van der Waals surface area contributed by atoms with Crippen LogP contribution in [0.15, 0.2) is 17.6 Å². The Morgan fingerprint density at radius 2 is 2.17 bits per heavy atom. The monoisotopic (exact) mass is 341 g/mol. The maximum atomic E-state index is 12.9. The molecule has 8 heteroatoms. The number of ether oxygens (including phenoxy) is 2. The van der Waals surface area contributed by atoms with Gasteiger partial charge >= 0.3 is 0 Å². The van der Waals surface area contributed by atoms with Crippen molar-refractivity contribution in [2.45, 2.75) is 49.0 Å². The second-order valence-corrected chi connectivity index (χ2v) is 8.63. The van der Waals surface area contributed by atoms with Gasteiger partial charge in [0.05, 0.1) is 25.1 Å². The van der Waals surface area contributed by atoms with Gasteiger partial charge < -0.3 is 14.0 Å². The number of nitrogens with zero attached hydrogens (tertiary/aromatic N) is 3. The summed E-state index contributed by atoms with van der Waals surface area (Å²) in [4.78, 5) is 4.02. The zero-order valence-electron chi connectivity index (χ0n) is 13.3. The molecule has 3 fully saturated rings. The van der Waals surface area contributed by atoms with E-state index in [-0.39, 0.29) is 23.3 Å². The first-order valence-corrected chi connectivity index (χ1v) is 9.73. The molecule has 128 valence electrons. The number of rotatable bonds is 5. The van der Waals surface area contributed by atoms with Crippen molar-refractivity contribution in [1.82, 2.24) is 13.9 Å². The highest BCUT2D eigenvalue weighted by atomic mass is 32.2. The quantitative estimate of drug-likeness (QED) is 0.791. The summed E-state index contributed by atoms with van der Waals surface area (Å²) in [5.41, 5.74) is 0. The molecular formula is C15H23N3O4S. The van der Waals surface area contributed by atoms with E-state index in [4.69, 9.17) is 9.47 Å². The molecule has 0 unspecified atom stereocenters. The molecule has 1 aromatic rings. The van der Waals surface area contributed by atoms with E-state index >= 15 is 0 Å². The second-order valence-electron chi connectivity index (χ2n) is 6.79. The number of morpholine rings is 1. The number of aryl methyl sites for hydroxylation is 1. The molecule has 0 bridgehead atoms. The number of hydrogen-bond donors (Lipinski definition) is 0. The fraction of sp³-hybridized carbons (Fsp3) is 0.800. The Labute approximate surface area is 136 Å². The van der Waals surface area contributed by atoms with Crippen LogP contribution in [-0.4, -0.2) is 60.3 Å². The summed E-state index contributed by atoms with van der Waals surface area (Å²) in [7, 11) is -1.80. The van der Waals surface area contributed by atoms with Crippen LogP contribution in [-0.2, 0) is 26.5 Å². The SMILES string of the molecule is Cn1cnc(S(=O)(=O)N2CCO[C@H]3[C@H](OCC4CC4)CC[C@@H]32)c1. The van der Waals surface area contributed by atoms with Gasteiger partial charge in [0, 0.05) is 26.4 Å². The maximum Gasteiger partial charge on any atom is 0.262 e. The zero-order valence-corrected chi connectivity index (χ0v) is 14.1. The standard InChI is InChI=1S/C15H23N3O4S/c1-17-8-14(16-10-17)23(19,20)18-6-7-21-15-12(18)4-5-13(15)22-9-11-2-3-11/h8,10-13,15H,2-7,9H2,1H3/t12-,13+,15+/m0/s1. The first-order chi connectivity index (χ1) is 11.1. The summed E-state index contributed by atoms with van der Waals surface area (Å²) in [6.07, 6.45) is 7.08. The molecule has 2 aliphatic carbocycles. The van der Waals surface area contributed by atoms with Crippen LogP contribution in [0.3, 0.4) is 0 Å². The first-order valence-electron chi connectivity index (χ1n) is 8.29. The largest absolute Gasteiger partial charge is 0.375 e. The Bertz CT molecular complexity index is 670. The molecule has 3 atom stereocenters. The van der Waals surface area contributed by atoms with Crippen LogP contribution in [0.25, 0.3) is 0 Å². The molecule has 7 nitrogen and oxygen atoms in total. The third-order valence-electron chi connectivity index (χ3n) is 4.98. The fourth-order valence-electron chi connectivity index (χ4n) is 3.55. The summed E-state index contributed by atoms with van der Waals surface area (Å²) >= 11 is 0. The third kappa shape index (κ3) is 2.93. The Morgan fingerprint density at radius 3 is 2.87 bits per heavy atom. The molecule has 0 amide bonds. The van der Waals surface area contributed by atoms with Gasteiger partial charge in [-0.05, 0) is 31.6 Å². The van der Waals surface area contributed by atoms with Gasteiger partial charge in [-0.3, -0.25) is 0 Å². The lowest BCUT2D eigenvalue weighted by molar-refractivity contribution is -0.0977. The van der Waals surface area contributed by atoms with Gasteiger partial charge in [0.25, 0.3) is 10.0 Å². The lowest BCUT2D eigenvalue weighted by atomic mass is 10.1. The van der Waals surface area contributed by atoms with Gasteiger partial charge in [-0.25, -0.2) is 13.4 Å². The Balaban J connectivity index is 1.51. The molecule has 1 aliphatic heterocycles. The third-order valence-corrected chi connectivity index (χ3v) is 6.79. The summed E-state index contributed by atoms with van der Waals surface area (Å²) < 4.78 is 40.9. The lowest BCUT2D eigenvalue weighted by Crippen LogP contribution is -2.53. The highest BCUT2D eigenvalue weighted by Crippen LogP contribution is 2.36. The van der Waals surface area contributed by atoms with Crippen molar-refractivity contribution in [1.29, 1.82) is 0 Å². The number of hydrogen-bond acceptors (Lipinski definition) is 5. The van der Waals surface area contributed by atoms with E-state index in [1.807, 2.05) is 0 Å². The van der Waals surface area contributed by atoms with Crippen LogP contribution in [0, 0.1) is 5.92 Å². The lowest BCUT2D eigenvalue weighted by Gasteiger charge is -2.37. The minimum absolute atomic E-state index is 0.0160. The van der Waals surface area contributed by atoms with Crippen LogP contribution in [0.2, 0.25) is 0 Å². The first kappa shape index (κ1) is 15.6. The summed E-state index contributed by atoms with van der Waals surface area (Å²) in [6.45, 7) is 1.58. The molecule has 23 heavy (non-hydrogen) atoms. The van der Waals surface area contributed by atoms with E-state index < -0.39 is 10.0 Å². The van der Waals surface area contributed by atoms with Crippen molar-refractivity contribution in [3.05, 3.63) is 12.5 Å². The van der Waals surface area contributed by atoms with E-state index in [9.17, 15) is 8.42 Å². The number of sulfonamides is 1. The molecule has 3 aliphatic rings. The van der Waals surface area contributed by atoms with Crippen LogP contribution < -0.4 is 0 Å². The van der Waals surface area contributed by atoms with E-state index in [0.29, 0.717) is 19.1 Å². The van der Waals surface area contributed by atoms with Crippen molar-refractivity contribution in [3.8, 4) is 0 Å². The topological polar surface area (TPSA) is 73.7 Å². The van der Waals surface area contributed by atoms with Gasteiger partial charge in [-0.1, -0.05) is 0 Å². The highest BCUT2D eigenvalue weighted by Gasteiger charge is 2.48. The molecule has 0 aromatic carbocycles. The van der Waals surface area contributed by atoms with Crippen molar-refractivity contribution in [2.75, 3.05) is 19.8 Å². The maximum absolute atomic E-state index is 12.9. The smallest absolute Gasteiger partial charge is 0.262 e. The summed E-state index contributed by atoms with van der Waals surface area (Å²) in [5.74, 6) is 0.700. The zero-order chi connectivity index (χ0) is 16.0. The molecule has 0 spiro atoms. The number of aromatic nitrogens is 2. The van der Waals surface area contributed by atoms with Crippen molar-refractivity contribution in [2.24, 2.45) is 13.0 Å². The van der Waals surface area contributed by atoms with Crippen molar-refractivity contribution in [3.63, 3.8) is 0 Å². The summed E-state index contributed by atoms with van der Waals surface area (Å²) in [5, 5.41) is 0.114. The van der Waals surface area contributed by atoms with E-state index in [1.54, 1.807) is 22.1 Å². The molecule has 2 saturated carbocycles. The molecule has 0 N–H and O–H groups in total. The molecule has 4 rings (SSSR count). The minimum Gasteiger partial charge on any atom is -0.375 e. The van der Waals surface area contributed by atoms with Gasteiger partial charge in [-0.15, -0.1) is 0 Å². The van der Waals surface area contributed by atoms with Crippen LogP contribution in [0.4, 0.5) is 0 Å². The van der Waals surface area contributed by atoms with Gasteiger partial charge in [0.2, 0.25) is 0 Å². The predicted octanol–water partition coefficient (Wildman–Crippen LogP) is 0.767. The van der Waals surface area contributed by atoms with Crippen LogP contribution in [0.1, 0.15) is 25.7 Å². The van der Waals surface area contributed by atoms with E-state index in [0.717, 1.165) is 19.4 Å². The average molecular weight is 341 g/mol. The second kappa shape index (κ2) is 5.84. The van der Waals surface area contributed by atoms with Crippen molar-refractivity contribution >= 4 is 10.0 Å². The normalized spacial score (nSPS) is 32.1. The molecule has 2 heterocycles. The predicted molar refractivity (Wildman–Crippen MR) is 82.3 cm³/mol. The fourth-order valence-corrected chi connectivity index (χ4v) is 5.16. The van der Waals surface area contributed by atoms with Gasteiger partial charge in [-0.2, -0.15) is 4.31 Å². The minimum atomic E-state index is -3.57. The molecule has 1 saturated heterocycles. The molecule has 0 radical (unpaired) electrons. The Morgan fingerprint density at radius 1 is 1.35 bits per heavy atom. The molecule has 1 aromatic heterocycles.